The van der Waals surface area contributed by atoms with Gasteiger partial charge in [0.2, 0.25) is 11.8 Å². The number of alkyl carbamates (subject to hydrolysis) is 1. The summed E-state index contributed by atoms with van der Waals surface area (Å²) in [7, 11) is 3.41. The van der Waals surface area contributed by atoms with Crippen molar-refractivity contribution in [2.75, 3.05) is 46.9 Å². The Kier molecular flexibility index (Phi) is 20.0. The maximum absolute atomic E-state index is 11.3. The fraction of sp³-hybridized carbons (Fsp3) is 0.463. The van der Waals surface area contributed by atoms with Crippen LogP contribution in [0.3, 0.4) is 0 Å². The number of carbonyl (C=O) groups is 4. The molecule has 7 rings (SSSR count). The molecule has 0 bridgehead atoms. The Morgan fingerprint density at radius 3 is 2.32 bits per heavy atom. The standard InChI is InChI=1S/C23H21ClN6S.C8H14N2O2.C4H7NO3.2C3H8/c1-29-7-2-3-21(29)22-26-11-19(28-22)16-12-31-23-15(16)6-8-30(23)20-5-4-14(9-17(20)24)18-10-25-13-27-18;1-7(11)9-6-8(12)10-4-2-3-5-10;1-8-4(7)5-2-3-6;2*1-3-2/h4-6,8-13,21H,2-3,7H2,1H3,(H,25,27)(H,26,28);2-6H2,1H3,(H,9,11);3H,2H2,1H3,(H,5,7);2*3H2,1-2H3/t21-;;;;/m0..../s1. The number of fused-ring (bicyclic) bond motifs is 1. The van der Waals surface area contributed by atoms with Crippen LogP contribution in [-0.4, -0.2) is 105 Å². The van der Waals surface area contributed by atoms with Crippen LogP contribution in [0.5, 0.6) is 0 Å². The normalized spacial score (nSPS) is 14.5. The first kappa shape index (κ1) is 46.4. The van der Waals surface area contributed by atoms with Crippen molar-refractivity contribution in [2.24, 2.45) is 0 Å². The predicted molar refractivity (Wildman–Crippen MR) is 229 cm³/mol. The van der Waals surface area contributed by atoms with Gasteiger partial charge in [-0.25, -0.2) is 14.8 Å². The molecule has 310 valence electrons. The fourth-order valence-electron chi connectivity index (χ4n) is 5.98. The Bertz CT molecular complexity index is 1970. The van der Waals surface area contributed by atoms with Crippen molar-refractivity contribution in [1.29, 1.82) is 0 Å². The van der Waals surface area contributed by atoms with Crippen LogP contribution in [-0.2, 0) is 19.1 Å². The van der Waals surface area contributed by atoms with Gasteiger partial charge in [-0.1, -0.05) is 58.2 Å². The minimum atomic E-state index is -0.586. The van der Waals surface area contributed by atoms with Crippen molar-refractivity contribution >= 4 is 57.3 Å². The Hall–Kier alpha value is -4.99. The number of aromatic amines is 2. The van der Waals surface area contributed by atoms with Crippen LogP contribution in [0.4, 0.5) is 4.79 Å². The fourth-order valence-corrected chi connectivity index (χ4v) is 7.31. The number of hydrogen-bond acceptors (Lipinski definition) is 9. The van der Waals surface area contributed by atoms with Crippen molar-refractivity contribution in [1.82, 2.24) is 44.9 Å². The van der Waals surface area contributed by atoms with Gasteiger partial charge in [-0.3, -0.25) is 14.5 Å². The van der Waals surface area contributed by atoms with Crippen molar-refractivity contribution in [3.63, 3.8) is 0 Å². The van der Waals surface area contributed by atoms with E-state index < -0.39 is 6.09 Å². The summed E-state index contributed by atoms with van der Waals surface area (Å²) >= 11 is 8.40. The summed E-state index contributed by atoms with van der Waals surface area (Å²) in [4.78, 5) is 62.2. The van der Waals surface area contributed by atoms with Gasteiger partial charge in [0.25, 0.3) is 0 Å². The highest BCUT2D eigenvalue weighted by atomic mass is 35.5. The lowest BCUT2D eigenvalue weighted by molar-refractivity contribution is -0.131. The number of imidazole rings is 2. The number of aldehydes is 1. The Labute approximate surface area is 344 Å². The van der Waals surface area contributed by atoms with E-state index in [9.17, 15) is 19.2 Å². The van der Waals surface area contributed by atoms with Gasteiger partial charge in [0.15, 0.2) is 0 Å². The number of benzene rings is 1. The van der Waals surface area contributed by atoms with E-state index in [1.165, 1.54) is 49.1 Å². The van der Waals surface area contributed by atoms with Crippen molar-refractivity contribution in [3.8, 4) is 28.2 Å². The van der Waals surface area contributed by atoms with Gasteiger partial charge in [0.1, 0.15) is 16.9 Å². The molecule has 0 spiro atoms. The lowest BCUT2D eigenvalue weighted by Gasteiger charge is -2.16. The molecule has 4 aromatic heterocycles. The third-order valence-electron chi connectivity index (χ3n) is 8.62. The number of hydrogen-bond donors (Lipinski definition) is 4. The topological polar surface area (TPSA) is 170 Å². The maximum atomic E-state index is 11.3. The molecule has 3 amide bonds. The third-order valence-corrected chi connectivity index (χ3v) is 9.91. The minimum Gasteiger partial charge on any atom is -0.453 e. The van der Waals surface area contributed by atoms with Crippen molar-refractivity contribution in [3.05, 3.63) is 65.4 Å². The second-order valence-electron chi connectivity index (χ2n) is 13.5. The number of H-pyrrole nitrogens is 2. The summed E-state index contributed by atoms with van der Waals surface area (Å²) in [5.74, 6) is 0.941. The van der Waals surface area contributed by atoms with E-state index in [0.29, 0.717) is 17.4 Å². The molecular formula is C41H58ClN9O5S. The molecule has 1 atom stereocenters. The van der Waals surface area contributed by atoms with Crippen molar-refractivity contribution < 1.29 is 23.9 Å². The molecule has 2 aliphatic rings. The van der Waals surface area contributed by atoms with Gasteiger partial charge in [-0.05, 0) is 57.5 Å². The van der Waals surface area contributed by atoms with Crippen LogP contribution in [0.25, 0.3) is 38.4 Å². The van der Waals surface area contributed by atoms with Crippen LogP contribution in [0.15, 0.2) is 54.6 Å². The number of carbonyl (C=O) groups excluding carboxylic acids is 4. The molecule has 0 aliphatic carbocycles. The molecule has 6 heterocycles. The lowest BCUT2D eigenvalue weighted by Crippen LogP contribution is -2.37. The number of halogens is 1. The molecule has 4 N–H and O–H groups in total. The highest BCUT2D eigenvalue weighted by Crippen LogP contribution is 2.38. The molecule has 57 heavy (non-hydrogen) atoms. The number of nitrogens with zero attached hydrogens (tertiary/aromatic N) is 5. The summed E-state index contributed by atoms with van der Waals surface area (Å²) in [5, 5.41) is 8.75. The number of ether oxygens (including phenoxy) is 1. The summed E-state index contributed by atoms with van der Waals surface area (Å²) in [5.41, 5.74) is 5.19. The number of likely N-dealkylation sites (tertiary alicyclic amines) is 2. The number of amides is 3. The van der Waals surface area contributed by atoms with Crippen LogP contribution in [0.2, 0.25) is 5.02 Å². The predicted octanol–water partition coefficient (Wildman–Crippen LogP) is 8.01. The second kappa shape index (κ2) is 24.6. The van der Waals surface area contributed by atoms with Crippen LogP contribution < -0.4 is 10.6 Å². The summed E-state index contributed by atoms with van der Waals surface area (Å²) in [6, 6.07) is 8.64. The smallest absolute Gasteiger partial charge is 0.407 e. The SMILES string of the molecule is CC(=O)NCC(=O)N1CCCC1.CCC.CCC.CN1CCC[C@H]1c1ncc(-c2csc3c2ccn3-c2ccc(-c3cnc[nH]3)cc2Cl)[nH]1.COC(=O)NCC=O. The maximum Gasteiger partial charge on any atom is 0.407 e. The molecule has 16 heteroatoms. The van der Waals surface area contributed by atoms with E-state index in [4.69, 9.17) is 16.6 Å². The number of aromatic nitrogens is 5. The van der Waals surface area contributed by atoms with Crippen LogP contribution >= 0.6 is 22.9 Å². The Morgan fingerprint density at radius 2 is 1.74 bits per heavy atom. The van der Waals surface area contributed by atoms with Gasteiger partial charge in [0.05, 0.1) is 67.1 Å². The van der Waals surface area contributed by atoms with Gasteiger partial charge < -0.3 is 39.6 Å². The van der Waals surface area contributed by atoms with E-state index in [0.717, 1.165) is 67.4 Å². The van der Waals surface area contributed by atoms with Crippen molar-refractivity contribution in [2.45, 2.75) is 79.2 Å². The zero-order valence-electron chi connectivity index (χ0n) is 34.2. The number of methoxy groups -OCH3 is 1. The van der Waals surface area contributed by atoms with E-state index in [1.54, 1.807) is 28.8 Å². The summed E-state index contributed by atoms with van der Waals surface area (Å²) in [6.07, 6.45) is 14.6. The molecular weight excluding hydrogens is 766 g/mol. The molecule has 0 unspecified atom stereocenters. The average molecular weight is 824 g/mol. The third kappa shape index (κ3) is 13.9. The van der Waals surface area contributed by atoms with Gasteiger partial charge >= 0.3 is 6.09 Å². The van der Waals surface area contributed by atoms with Crippen LogP contribution in [0, 0.1) is 0 Å². The van der Waals surface area contributed by atoms with Gasteiger partial charge in [-0.2, -0.15) is 0 Å². The molecule has 0 saturated carbocycles. The molecule has 0 radical (unpaired) electrons. The number of rotatable bonds is 8. The summed E-state index contributed by atoms with van der Waals surface area (Å²) < 4.78 is 6.30. The molecule has 14 nitrogen and oxygen atoms in total. The Balaban J connectivity index is 0.000000276. The first-order valence-electron chi connectivity index (χ1n) is 19.4. The molecule has 5 aromatic rings. The van der Waals surface area contributed by atoms with E-state index in [1.807, 2.05) is 12.3 Å². The van der Waals surface area contributed by atoms with Crippen LogP contribution in [0.1, 0.15) is 85.0 Å². The number of thiophene rings is 1. The summed E-state index contributed by atoms with van der Waals surface area (Å²) in [6.45, 7) is 12.9. The molecule has 1 aromatic carbocycles. The monoisotopic (exact) mass is 823 g/mol. The molecule has 2 fully saturated rings. The molecule has 2 aliphatic heterocycles. The minimum absolute atomic E-state index is 0.00662. The van der Waals surface area contributed by atoms with E-state index >= 15 is 0 Å². The molecule has 2 saturated heterocycles. The number of nitrogens with one attached hydrogen (secondary N) is 4. The first-order chi connectivity index (χ1) is 27.5. The highest BCUT2D eigenvalue weighted by Gasteiger charge is 2.26. The quantitative estimate of drug-likeness (QED) is 0.114. The van der Waals surface area contributed by atoms with Gasteiger partial charge in [0, 0.05) is 48.1 Å². The van der Waals surface area contributed by atoms with Gasteiger partial charge in [-0.15, -0.1) is 11.3 Å². The Morgan fingerprint density at radius 1 is 1.02 bits per heavy atom. The largest absolute Gasteiger partial charge is 0.453 e. The average Bonchev–Trinajstić information content (AvgIpc) is 4.05. The zero-order valence-corrected chi connectivity index (χ0v) is 35.8. The first-order valence-corrected chi connectivity index (χ1v) is 20.7. The van der Waals surface area contributed by atoms with E-state index in [-0.39, 0.29) is 24.9 Å². The second-order valence-corrected chi connectivity index (χ2v) is 14.7. The highest BCUT2D eigenvalue weighted by molar-refractivity contribution is 7.17. The zero-order chi connectivity index (χ0) is 41.7. The van der Waals surface area contributed by atoms with E-state index in [2.05, 4.69) is 104 Å². The lowest BCUT2D eigenvalue weighted by atomic mass is 10.1.